The number of aromatic nitrogens is 3. The lowest BCUT2D eigenvalue weighted by Gasteiger charge is -2.31. The molecule has 0 unspecified atom stereocenters. The maximum absolute atomic E-state index is 13.9. The number of nitrogens with one attached hydrogen (secondary N) is 2. The first-order valence-electron chi connectivity index (χ1n) is 14.4. The number of benzene rings is 2. The highest BCUT2D eigenvalue weighted by molar-refractivity contribution is 7.46. The number of fused-ring (bicyclic) bond motifs is 1. The van der Waals surface area contributed by atoms with Crippen molar-refractivity contribution in [1.82, 2.24) is 19.9 Å². The van der Waals surface area contributed by atoms with Gasteiger partial charge in [0.2, 0.25) is 5.91 Å². The van der Waals surface area contributed by atoms with Gasteiger partial charge in [-0.2, -0.15) is 0 Å². The zero-order valence-electron chi connectivity index (χ0n) is 24.8. The van der Waals surface area contributed by atoms with E-state index in [4.69, 9.17) is 19.3 Å². The first-order chi connectivity index (χ1) is 22.1. The minimum absolute atomic E-state index is 0.0654. The lowest BCUT2D eigenvalue weighted by atomic mass is 9.98. The van der Waals surface area contributed by atoms with E-state index in [2.05, 4.69) is 35.0 Å². The van der Waals surface area contributed by atoms with Gasteiger partial charge in [0.15, 0.2) is 28.3 Å². The number of thiazole rings is 1. The molecule has 1 aliphatic heterocycles. The number of methoxy groups -OCH3 is 1. The predicted molar refractivity (Wildman–Crippen MR) is 167 cm³/mol. The van der Waals surface area contributed by atoms with Crippen molar-refractivity contribution >= 4 is 52.6 Å². The lowest BCUT2D eigenvalue weighted by Crippen LogP contribution is -2.36. The average Bonchev–Trinajstić information content (AvgIpc) is 3.46. The third kappa shape index (κ3) is 9.15. The van der Waals surface area contributed by atoms with Crippen molar-refractivity contribution in [1.29, 1.82) is 0 Å². The maximum Gasteiger partial charge on any atom is 0.469 e. The number of likely N-dealkylation sites (tertiary alicyclic amines) is 1. The zero-order valence-corrected chi connectivity index (χ0v) is 26.5. The number of anilines is 3. The Morgan fingerprint density at radius 1 is 1.15 bits per heavy atom. The summed E-state index contributed by atoms with van der Waals surface area (Å²) in [6, 6.07) is 7.11. The summed E-state index contributed by atoms with van der Waals surface area (Å²) in [6.07, 6.45) is 5.23. The summed E-state index contributed by atoms with van der Waals surface area (Å²) in [4.78, 5) is 46.1. The van der Waals surface area contributed by atoms with Crippen molar-refractivity contribution in [3.05, 3.63) is 59.4 Å². The molecule has 4 N–H and O–H groups in total. The minimum atomic E-state index is -4.44. The van der Waals surface area contributed by atoms with Crippen LogP contribution in [-0.4, -0.2) is 75.5 Å². The van der Waals surface area contributed by atoms with Crippen LogP contribution in [0.1, 0.15) is 24.1 Å². The number of carbonyl (C=O) groups is 1. The summed E-state index contributed by atoms with van der Waals surface area (Å²) in [5.74, 6) is -1.05. The standard InChI is InChI=1S/C29H33F2N6O7PS/c1-42-24-13-20-23(14-25(24)43-11-3-8-37-9-6-18(7-10-37)16-44-45(39,40)41)33-17-34-28(20)36-29-32-15-19(46-29)12-26(38)35-22-5-2-4-21(30)27(22)31/h2,4-5,13-15,17-18H,3,6-12,16H2,1H3,(H,35,38)(H2,39,40,41)(H,32,33,34,36). The van der Waals surface area contributed by atoms with Crippen molar-refractivity contribution in [2.75, 3.05) is 50.6 Å². The van der Waals surface area contributed by atoms with Crippen LogP contribution in [0.5, 0.6) is 11.5 Å². The Balaban J connectivity index is 1.14. The van der Waals surface area contributed by atoms with Crippen molar-refractivity contribution in [3.63, 3.8) is 0 Å². The number of amides is 1. The molecule has 1 saturated heterocycles. The van der Waals surface area contributed by atoms with Crippen LogP contribution < -0.4 is 20.1 Å². The molecule has 46 heavy (non-hydrogen) atoms. The number of phosphoric ester groups is 1. The van der Waals surface area contributed by atoms with Crippen molar-refractivity contribution in [3.8, 4) is 11.5 Å². The van der Waals surface area contributed by atoms with Gasteiger partial charge in [-0.25, -0.2) is 28.3 Å². The molecule has 2 aromatic heterocycles. The highest BCUT2D eigenvalue weighted by atomic mass is 32.1. The van der Waals surface area contributed by atoms with Crippen molar-refractivity contribution in [2.45, 2.75) is 25.7 Å². The second-order valence-corrected chi connectivity index (χ2v) is 13.0. The maximum atomic E-state index is 13.9. The Kier molecular flexibility index (Phi) is 11.1. The van der Waals surface area contributed by atoms with Crippen molar-refractivity contribution in [2.24, 2.45) is 5.92 Å². The lowest BCUT2D eigenvalue weighted by molar-refractivity contribution is -0.115. The molecule has 0 aliphatic carbocycles. The SMILES string of the molecule is COc1cc2c(Nc3ncc(CC(=O)Nc4cccc(F)c4F)s3)ncnc2cc1OCCCN1CCC(COP(=O)(O)O)CC1. The van der Waals surface area contributed by atoms with Gasteiger partial charge in [-0.1, -0.05) is 6.07 Å². The van der Waals surface area contributed by atoms with E-state index in [9.17, 15) is 18.1 Å². The van der Waals surface area contributed by atoms with Gasteiger partial charge in [0.05, 0.1) is 37.9 Å². The molecule has 0 bridgehead atoms. The minimum Gasteiger partial charge on any atom is -0.493 e. The average molecular weight is 679 g/mol. The smallest absolute Gasteiger partial charge is 0.469 e. The molecular weight excluding hydrogens is 645 g/mol. The van der Waals surface area contributed by atoms with Gasteiger partial charge < -0.3 is 34.8 Å². The normalized spacial score (nSPS) is 14.4. The summed E-state index contributed by atoms with van der Waals surface area (Å²) in [7, 11) is -2.90. The second kappa shape index (κ2) is 15.2. The molecule has 0 atom stereocenters. The zero-order chi connectivity index (χ0) is 32.7. The number of ether oxygens (including phenoxy) is 2. The quantitative estimate of drug-likeness (QED) is 0.105. The summed E-state index contributed by atoms with van der Waals surface area (Å²) in [5, 5.41) is 6.66. The van der Waals surface area contributed by atoms with E-state index >= 15 is 0 Å². The third-order valence-electron chi connectivity index (χ3n) is 7.32. The molecule has 1 fully saturated rings. The summed E-state index contributed by atoms with van der Waals surface area (Å²) in [5.41, 5.74) is 0.380. The fourth-order valence-electron chi connectivity index (χ4n) is 4.99. The Labute approximate surface area is 267 Å². The first kappa shape index (κ1) is 33.6. The molecule has 1 amide bonds. The van der Waals surface area contributed by atoms with Crippen molar-refractivity contribution < 1.29 is 41.9 Å². The summed E-state index contributed by atoms with van der Waals surface area (Å²) in [6.45, 7) is 2.97. The molecule has 17 heteroatoms. The van der Waals surface area contributed by atoms with Gasteiger partial charge >= 0.3 is 7.82 Å². The van der Waals surface area contributed by atoms with Crippen LogP contribution in [0.3, 0.4) is 0 Å². The Morgan fingerprint density at radius 2 is 1.96 bits per heavy atom. The molecule has 5 rings (SSSR count). The van der Waals surface area contributed by atoms with E-state index in [0.717, 1.165) is 45.0 Å². The third-order valence-corrected chi connectivity index (χ3v) is 8.72. The van der Waals surface area contributed by atoms with Crippen LogP contribution in [0.15, 0.2) is 42.9 Å². The molecular formula is C29H33F2N6O7PS. The van der Waals surface area contributed by atoms with Crippen LogP contribution in [0.4, 0.5) is 25.4 Å². The van der Waals surface area contributed by atoms with Gasteiger partial charge in [0.1, 0.15) is 12.1 Å². The number of hydrogen-bond acceptors (Lipinski definition) is 11. The van der Waals surface area contributed by atoms with Gasteiger partial charge in [0, 0.05) is 29.1 Å². The van der Waals surface area contributed by atoms with Gasteiger partial charge in [-0.05, 0) is 56.5 Å². The monoisotopic (exact) mass is 678 g/mol. The van der Waals surface area contributed by atoms with Crippen LogP contribution >= 0.6 is 19.2 Å². The van der Waals surface area contributed by atoms with Gasteiger partial charge in [0.25, 0.3) is 0 Å². The molecule has 0 saturated carbocycles. The number of halogens is 2. The Bertz CT molecular complexity index is 1720. The molecule has 0 spiro atoms. The van der Waals surface area contributed by atoms with Gasteiger partial charge in [-0.15, -0.1) is 11.3 Å². The highest BCUT2D eigenvalue weighted by Crippen LogP contribution is 2.38. The molecule has 1 aliphatic rings. The van der Waals surface area contributed by atoms with E-state index in [-0.39, 0.29) is 24.6 Å². The number of rotatable bonds is 14. The second-order valence-electron chi connectivity index (χ2n) is 10.6. The number of carbonyl (C=O) groups excluding carboxylic acids is 1. The summed E-state index contributed by atoms with van der Waals surface area (Å²) < 4.78 is 54.5. The summed E-state index contributed by atoms with van der Waals surface area (Å²) >= 11 is 1.22. The van der Waals surface area contributed by atoms with E-state index in [1.807, 2.05) is 0 Å². The highest BCUT2D eigenvalue weighted by Gasteiger charge is 2.23. The number of nitrogens with zero attached hydrogens (tertiary/aromatic N) is 4. The number of phosphoric acid groups is 1. The Hall–Kier alpha value is -3.79. The molecule has 2 aromatic carbocycles. The molecule has 246 valence electrons. The molecule has 13 nitrogen and oxygen atoms in total. The topological polar surface area (TPSA) is 168 Å². The fraction of sp³-hybridized carbons (Fsp3) is 0.379. The van der Waals surface area contributed by atoms with E-state index in [1.165, 1.54) is 36.0 Å². The number of hydrogen-bond donors (Lipinski definition) is 4. The van der Waals surface area contributed by atoms with E-state index in [1.54, 1.807) is 19.2 Å². The van der Waals surface area contributed by atoms with E-state index < -0.39 is 25.4 Å². The largest absolute Gasteiger partial charge is 0.493 e. The molecule has 4 aromatic rings. The number of piperidine rings is 1. The van der Waals surface area contributed by atoms with Crippen LogP contribution in [-0.2, 0) is 20.3 Å². The Morgan fingerprint density at radius 3 is 2.72 bits per heavy atom. The van der Waals surface area contributed by atoms with Gasteiger partial charge in [-0.3, -0.25) is 9.32 Å². The first-order valence-corrected chi connectivity index (χ1v) is 16.8. The van der Waals surface area contributed by atoms with Crippen LogP contribution in [0.2, 0.25) is 0 Å². The fourth-order valence-corrected chi connectivity index (χ4v) is 6.20. The van der Waals surface area contributed by atoms with E-state index in [0.29, 0.717) is 44.8 Å². The van der Waals surface area contributed by atoms with Crippen LogP contribution in [0.25, 0.3) is 10.9 Å². The van der Waals surface area contributed by atoms with Crippen LogP contribution in [0, 0.1) is 17.6 Å². The molecule has 0 radical (unpaired) electrons. The predicted octanol–water partition coefficient (Wildman–Crippen LogP) is 4.89. The molecule has 3 heterocycles.